The Hall–Kier alpha value is -3.11. The van der Waals surface area contributed by atoms with Crippen LogP contribution in [0.5, 0.6) is 0 Å². The molecule has 0 saturated carbocycles. The second-order valence-corrected chi connectivity index (χ2v) is 9.71. The van der Waals surface area contributed by atoms with Crippen LogP contribution in [0.1, 0.15) is 43.5 Å². The van der Waals surface area contributed by atoms with Crippen molar-refractivity contribution in [3.63, 3.8) is 0 Å². The molecule has 8 nitrogen and oxygen atoms in total. The van der Waals surface area contributed by atoms with Crippen LogP contribution in [-0.4, -0.2) is 84.8 Å². The van der Waals surface area contributed by atoms with Crippen LogP contribution >= 0.6 is 0 Å². The number of rotatable bonds is 7. The molecule has 3 atom stereocenters. The number of fused-ring (bicyclic) bond motifs is 1. The second-order valence-electron chi connectivity index (χ2n) is 9.71. The molecule has 2 heterocycles. The van der Waals surface area contributed by atoms with Gasteiger partial charge in [-0.05, 0) is 43.0 Å². The fraction of sp³-hybridized carbons (Fsp3) is 0.583. The van der Waals surface area contributed by atoms with E-state index in [-0.39, 0.29) is 18.9 Å². The van der Waals surface area contributed by atoms with E-state index in [1.54, 1.807) is 24.3 Å². The van der Waals surface area contributed by atoms with E-state index in [1.165, 1.54) is 4.90 Å². The van der Waals surface area contributed by atoms with E-state index in [2.05, 4.69) is 5.32 Å². The van der Waals surface area contributed by atoms with Crippen molar-refractivity contribution in [1.82, 2.24) is 15.1 Å². The Morgan fingerprint density at radius 1 is 1.11 bits per heavy atom. The summed E-state index contributed by atoms with van der Waals surface area (Å²) in [6, 6.07) is 4.17. The zero-order chi connectivity index (χ0) is 26.1. The number of nitrogens with zero attached hydrogens (tertiary/aromatic N) is 3. The van der Waals surface area contributed by atoms with Gasteiger partial charge in [-0.3, -0.25) is 19.2 Å². The van der Waals surface area contributed by atoms with Gasteiger partial charge in [-0.25, -0.2) is 0 Å². The first-order chi connectivity index (χ1) is 16.3. The maximum Gasteiger partial charge on any atom is 0.397 e. The number of Topliss-reactive ketones (excluding diaryl/α,β-unsaturated/α-hetero) is 1. The van der Waals surface area contributed by atoms with Gasteiger partial charge in [0.05, 0.1) is 12.6 Å². The third-order valence-electron chi connectivity index (χ3n) is 6.33. The SMILES string of the molecule is CC(C)C[C@H](NC(=O)c1ccc(N(C)C)cc1)C(=O)N1CCC2[C@H]1C(=O)CN2C(=O)CC(F)(F)F. The average Bonchev–Trinajstić information content (AvgIpc) is 3.32. The lowest BCUT2D eigenvalue weighted by molar-refractivity contribution is -0.162. The van der Waals surface area contributed by atoms with Crippen molar-refractivity contribution < 1.29 is 32.3 Å². The van der Waals surface area contributed by atoms with Crippen LogP contribution in [0.2, 0.25) is 0 Å². The molecule has 11 heteroatoms. The summed E-state index contributed by atoms with van der Waals surface area (Å²) in [4.78, 5) is 55.3. The molecular formula is C24H31F3N4O4. The number of ketones is 1. The highest BCUT2D eigenvalue weighted by atomic mass is 19.4. The third kappa shape index (κ3) is 6.12. The predicted molar refractivity (Wildman–Crippen MR) is 123 cm³/mol. The van der Waals surface area contributed by atoms with Gasteiger partial charge in [0.1, 0.15) is 18.5 Å². The number of carbonyl (C=O) groups is 4. The first-order valence-electron chi connectivity index (χ1n) is 11.6. The van der Waals surface area contributed by atoms with E-state index in [0.29, 0.717) is 12.0 Å². The van der Waals surface area contributed by atoms with Crippen molar-refractivity contribution in [2.75, 3.05) is 32.1 Å². The van der Waals surface area contributed by atoms with Crippen molar-refractivity contribution in [3.8, 4) is 0 Å². The average molecular weight is 497 g/mol. The van der Waals surface area contributed by atoms with Gasteiger partial charge < -0.3 is 20.0 Å². The topological polar surface area (TPSA) is 90.0 Å². The van der Waals surface area contributed by atoms with E-state index in [0.717, 1.165) is 10.6 Å². The lowest BCUT2D eigenvalue weighted by Gasteiger charge is -2.29. The van der Waals surface area contributed by atoms with Gasteiger partial charge in [-0.1, -0.05) is 13.8 Å². The van der Waals surface area contributed by atoms with Gasteiger partial charge in [0, 0.05) is 31.9 Å². The van der Waals surface area contributed by atoms with E-state index < -0.39 is 60.8 Å². The molecule has 1 unspecified atom stereocenters. The summed E-state index contributed by atoms with van der Waals surface area (Å²) in [5.41, 5.74) is 1.28. The Morgan fingerprint density at radius 3 is 2.29 bits per heavy atom. The van der Waals surface area contributed by atoms with E-state index in [4.69, 9.17) is 0 Å². The van der Waals surface area contributed by atoms with Crippen molar-refractivity contribution in [1.29, 1.82) is 0 Å². The number of hydrogen-bond donors (Lipinski definition) is 1. The molecule has 0 bridgehead atoms. The number of benzene rings is 1. The first kappa shape index (κ1) is 26.5. The molecule has 1 aromatic rings. The molecule has 192 valence electrons. The van der Waals surface area contributed by atoms with Crippen LogP contribution in [0.4, 0.5) is 18.9 Å². The zero-order valence-electron chi connectivity index (χ0n) is 20.3. The van der Waals surface area contributed by atoms with Crippen molar-refractivity contribution in [2.45, 2.75) is 57.4 Å². The van der Waals surface area contributed by atoms with Gasteiger partial charge in [-0.15, -0.1) is 0 Å². The monoisotopic (exact) mass is 496 g/mol. The lowest BCUT2D eigenvalue weighted by Crippen LogP contribution is -2.53. The van der Waals surface area contributed by atoms with E-state index >= 15 is 0 Å². The smallest absolute Gasteiger partial charge is 0.378 e. The maximum atomic E-state index is 13.5. The zero-order valence-corrected chi connectivity index (χ0v) is 20.3. The number of halogens is 3. The van der Waals surface area contributed by atoms with Gasteiger partial charge in [-0.2, -0.15) is 13.2 Å². The van der Waals surface area contributed by atoms with Crippen LogP contribution in [0, 0.1) is 5.92 Å². The Balaban J connectivity index is 1.75. The molecule has 0 radical (unpaired) electrons. The molecule has 0 aromatic heterocycles. The normalized spacial score (nSPS) is 20.7. The summed E-state index contributed by atoms with van der Waals surface area (Å²) < 4.78 is 38.1. The number of alkyl halides is 3. The highest BCUT2D eigenvalue weighted by Crippen LogP contribution is 2.32. The van der Waals surface area contributed by atoms with Gasteiger partial charge >= 0.3 is 6.18 Å². The molecule has 0 spiro atoms. The molecule has 2 aliphatic rings. The molecule has 2 fully saturated rings. The number of hydrogen-bond acceptors (Lipinski definition) is 5. The quantitative estimate of drug-likeness (QED) is 0.626. The molecule has 2 aliphatic heterocycles. The molecular weight excluding hydrogens is 465 g/mol. The van der Waals surface area contributed by atoms with Crippen LogP contribution in [0.15, 0.2) is 24.3 Å². The lowest BCUT2D eigenvalue weighted by atomic mass is 10.0. The van der Waals surface area contributed by atoms with Crippen LogP contribution < -0.4 is 10.2 Å². The largest absolute Gasteiger partial charge is 0.397 e. The molecule has 35 heavy (non-hydrogen) atoms. The summed E-state index contributed by atoms with van der Waals surface area (Å²) in [6.07, 6.45) is -5.79. The highest BCUT2D eigenvalue weighted by Gasteiger charge is 2.53. The number of carbonyl (C=O) groups excluding carboxylic acids is 4. The number of amides is 3. The van der Waals surface area contributed by atoms with Gasteiger partial charge in [0.2, 0.25) is 11.8 Å². The first-order valence-corrected chi connectivity index (χ1v) is 11.6. The van der Waals surface area contributed by atoms with Crippen molar-refractivity contribution >= 4 is 29.2 Å². The van der Waals surface area contributed by atoms with Gasteiger partial charge in [0.15, 0.2) is 5.78 Å². The molecule has 3 amide bonds. The molecule has 0 aliphatic carbocycles. The summed E-state index contributed by atoms with van der Waals surface area (Å²) in [7, 11) is 3.75. The van der Waals surface area contributed by atoms with Crippen molar-refractivity contribution in [3.05, 3.63) is 29.8 Å². The third-order valence-corrected chi connectivity index (χ3v) is 6.33. The Kier molecular flexibility index (Phi) is 7.76. The van der Waals surface area contributed by atoms with E-state index in [9.17, 15) is 32.3 Å². The molecule has 3 rings (SSSR count). The minimum Gasteiger partial charge on any atom is -0.378 e. The predicted octanol–water partition coefficient (Wildman–Crippen LogP) is 2.23. The Bertz CT molecular complexity index is 978. The molecule has 1 aromatic carbocycles. The van der Waals surface area contributed by atoms with Crippen LogP contribution in [-0.2, 0) is 14.4 Å². The number of anilines is 1. The second kappa shape index (κ2) is 10.2. The number of nitrogens with one attached hydrogen (secondary N) is 1. The summed E-state index contributed by atoms with van der Waals surface area (Å²) >= 11 is 0. The Labute approximate surface area is 202 Å². The summed E-state index contributed by atoms with van der Waals surface area (Å²) in [5, 5.41) is 2.77. The Morgan fingerprint density at radius 2 is 1.74 bits per heavy atom. The summed E-state index contributed by atoms with van der Waals surface area (Å²) in [5.74, 6) is -2.50. The fourth-order valence-electron chi connectivity index (χ4n) is 4.71. The maximum absolute atomic E-state index is 13.5. The van der Waals surface area contributed by atoms with Gasteiger partial charge in [0.25, 0.3) is 5.91 Å². The van der Waals surface area contributed by atoms with Crippen LogP contribution in [0.3, 0.4) is 0 Å². The standard InChI is InChI=1S/C24H31F3N4O4/c1-14(2)11-17(28-22(34)15-5-7-16(8-6-15)29(3)4)23(35)30-10-9-18-21(30)19(32)13-31(18)20(33)12-24(25,26)27/h5-8,14,17-18,21H,9-13H2,1-4H3,(H,28,34)/t17-,18?,21-/m0/s1. The fourth-order valence-corrected chi connectivity index (χ4v) is 4.71. The number of likely N-dealkylation sites (tertiary alicyclic amines) is 2. The highest BCUT2D eigenvalue weighted by molar-refractivity contribution is 6.01. The molecule has 1 N–H and O–H groups in total. The van der Waals surface area contributed by atoms with Crippen molar-refractivity contribution in [2.24, 2.45) is 5.92 Å². The summed E-state index contributed by atoms with van der Waals surface area (Å²) in [6.45, 7) is 3.46. The minimum atomic E-state index is -4.68. The molecule has 2 saturated heterocycles. The van der Waals surface area contributed by atoms with E-state index in [1.807, 2.05) is 32.8 Å². The van der Waals surface area contributed by atoms with Crippen LogP contribution in [0.25, 0.3) is 0 Å². The minimum absolute atomic E-state index is 0.0444.